The van der Waals surface area contributed by atoms with Gasteiger partial charge in [-0.1, -0.05) is 29.3 Å². The van der Waals surface area contributed by atoms with Crippen molar-refractivity contribution < 1.29 is 31.9 Å². The summed E-state index contributed by atoms with van der Waals surface area (Å²) >= 11 is 11.1. The normalized spacial score (nSPS) is 12.1. The standard InChI is InChI=1S/C19H12Cl2F4O3/c1-9-5-10(3-4-12(9)18(27)28-2)16(26)8-13(19(23,24)25)11-6-14(20)17(22)15(21)7-11/h3-8H,1-2H3. The second-order valence-electron chi connectivity index (χ2n) is 5.70. The molecule has 0 aliphatic rings. The maximum absolute atomic E-state index is 13.5. The van der Waals surface area contributed by atoms with Gasteiger partial charge in [0, 0.05) is 5.56 Å². The van der Waals surface area contributed by atoms with E-state index in [1.54, 1.807) is 0 Å². The molecule has 2 aromatic rings. The number of ether oxygens (including phenoxy) is 1. The first-order valence-corrected chi connectivity index (χ1v) is 8.38. The number of alkyl halides is 3. The van der Waals surface area contributed by atoms with Crippen molar-refractivity contribution in [1.29, 1.82) is 0 Å². The predicted octanol–water partition coefficient (Wildman–Crippen LogP) is 6.06. The third kappa shape index (κ3) is 4.72. The van der Waals surface area contributed by atoms with Crippen molar-refractivity contribution in [1.82, 2.24) is 0 Å². The van der Waals surface area contributed by atoms with Gasteiger partial charge in [-0.3, -0.25) is 4.79 Å². The van der Waals surface area contributed by atoms with Crippen molar-refractivity contribution in [2.75, 3.05) is 7.11 Å². The third-order valence-corrected chi connectivity index (χ3v) is 4.34. The summed E-state index contributed by atoms with van der Waals surface area (Å²) in [4.78, 5) is 24.0. The largest absolute Gasteiger partial charge is 0.465 e. The summed E-state index contributed by atoms with van der Waals surface area (Å²) in [5.41, 5.74) is -1.44. The van der Waals surface area contributed by atoms with Crippen molar-refractivity contribution in [3.8, 4) is 0 Å². The van der Waals surface area contributed by atoms with Crippen LogP contribution in [0.25, 0.3) is 5.57 Å². The van der Waals surface area contributed by atoms with Crippen LogP contribution in [0.1, 0.15) is 31.8 Å². The summed E-state index contributed by atoms with van der Waals surface area (Å²) in [5, 5.41) is -1.22. The molecule has 0 amide bonds. The Morgan fingerprint density at radius 1 is 1.04 bits per heavy atom. The highest BCUT2D eigenvalue weighted by Crippen LogP contribution is 2.37. The minimum Gasteiger partial charge on any atom is -0.465 e. The van der Waals surface area contributed by atoms with Gasteiger partial charge < -0.3 is 4.74 Å². The highest BCUT2D eigenvalue weighted by atomic mass is 35.5. The van der Waals surface area contributed by atoms with Crippen molar-refractivity contribution in [3.63, 3.8) is 0 Å². The van der Waals surface area contributed by atoms with Crippen LogP contribution in [0.5, 0.6) is 0 Å². The maximum Gasteiger partial charge on any atom is 0.417 e. The zero-order chi connectivity index (χ0) is 21.2. The molecule has 3 nitrogen and oxygen atoms in total. The van der Waals surface area contributed by atoms with E-state index in [9.17, 15) is 27.2 Å². The average molecular weight is 435 g/mol. The Balaban J connectivity index is 2.53. The number of allylic oxidation sites excluding steroid dienone is 2. The molecule has 0 unspecified atom stereocenters. The fraction of sp³-hybridized carbons (Fsp3) is 0.158. The number of halogens is 6. The quantitative estimate of drug-likeness (QED) is 0.193. The fourth-order valence-electron chi connectivity index (χ4n) is 2.41. The van der Waals surface area contributed by atoms with Gasteiger partial charge in [0.1, 0.15) is 0 Å². The van der Waals surface area contributed by atoms with E-state index in [-0.39, 0.29) is 11.1 Å². The lowest BCUT2D eigenvalue weighted by atomic mass is 9.98. The summed E-state index contributed by atoms with van der Waals surface area (Å²) in [6.45, 7) is 1.51. The molecular formula is C19H12Cl2F4O3. The van der Waals surface area contributed by atoms with Crippen molar-refractivity contribution in [2.24, 2.45) is 0 Å². The molecule has 0 heterocycles. The molecule has 0 atom stereocenters. The number of rotatable bonds is 4. The molecule has 0 fully saturated rings. The molecule has 0 radical (unpaired) electrons. The number of ketones is 1. The molecule has 9 heteroatoms. The summed E-state index contributed by atoms with van der Waals surface area (Å²) in [5.74, 6) is -2.67. The van der Waals surface area contributed by atoms with Crippen molar-refractivity contribution in [2.45, 2.75) is 13.1 Å². The van der Waals surface area contributed by atoms with Crippen LogP contribution < -0.4 is 0 Å². The number of carbonyl (C=O) groups is 2. The van der Waals surface area contributed by atoms with Gasteiger partial charge in [0.05, 0.1) is 28.3 Å². The summed E-state index contributed by atoms with van der Waals surface area (Å²) < 4.78 is 58.5. The smallest absolute Gasteiger partial charge is 0.417 e. The van der Waals surface area contributed by atoms with Gasteiger partial charge in [0.15, 0.2) is 11.6 Å². The topological polar surface area (TPSA) is 43.4 Å². The van der Waals surface area contributed by atoms with Crippen molar-refractivity contribution >= 4 is 40.5 Å². The van der Waals surface area contributed by atoms with E-state index < -0.39 is 44.9 Å². The number of hydrogen-bond acceptors (Lipinski definition) is 3. The molecule has 2 aromatic carbocycles. The summed E-state index contributed by atoms with van der Waals surface area (Å²) in [6, 6.07) is 5.23. The minimum absolute atomic E-state index is 0.0776. The first-order chi connectivity index (χ1) is 13.0. The monoisotopic (exact) mass is 434 g/mol. The van der Waals surface area contributed by atoms with Crippen LogP contribution in [-0.4, -0.2) is 25.0 Å². The molecule has 0 saturated carbocycles. The van der Waals surface area contributed by atoms with E-state index in [2.05, 4.69) is 4.74 Å². The Morgan fingerprint density at radius 2 is 1.61 bits per heavy atom. The molecule has 0 aliphatic carbocycles. The lowest BCUT2D eigenvalue weighted by molar-refractivity contribution is -0.0689. The molecule has 0 spiro atoms. The Kier molecular flexibility index (Phi) is 6.52. The number of carbonyl (C=O) groups excluding carboxylic acids is 2. The van der Waals surface area contributed by atoms with E-state index in [1.165, 1.54) is 32.2 Å². The van der Waals surface area contributed by atoms with E-state index in [0.29, 0.717) is 11.6 Å². The second kappa shape index (κ2) is 8.32. The maximum atomic E-state index is 13.5. The zero-order valence-electron chi connectivity index (χ0n) is 14.5. The molecule has 0 aliphatic heterocycles. The number of methoxy groups -OCH3 is 1. The second-order valence-corrected chi connectivity index (χ2v) is 6.51. The van der Waals surface area contributed by atoms with Crippen LogP contribution in [0, 0.1) is 12.7 Å². The van der Waals surface area contributed by atoms with Gasteiger partial charge in [-0.25, -0.2) is 9.18 Å². The van der Waals surface area contributed by atoms with E-state index in [4.69, 9.17) is 23.2 Å². The van der Waals surface area contributed by atoms with Crippen LogP contribution in [0.2, 0.25) is 10.0 Å². The predicted molar refractivity (Wildman–Crippen MR) is 97.3 cm³/mol. The van der Waals surface area contributed by atoms with Gasteiger partial charge in [0.25, 0.3) is 0 Å². The number of benzene rings is 2. The molecule has 0 aromatic heterocycles. The van der Waals surface area contributed by atoms with Crippen LogP contribution in [0.4, 0.5) is 17.6 Å². The first kappa shape index (κ1) is 21.9. The van der Waals surface area contributed by atoms with Crippen molar-refractivity contribution in [3.05, 3.63) is 74.5 Å². The Bertz CT molecular complexity index is 959. The third-order valence-electron chi connectivity index (χ3n) is 3.79. The van der Waals surface area contributed by atoms with Gasteiger partial charge in [0.2, 0.25) is 0 Å². The molecule has 0 N–H and O–H groups in total. The summed E-state index contributed by atoms with van der Waals surface area (Å²) in [7, 11) is 1.18. The lowest BCUT2D eigenvalue weighted by Crippen LogP contribution is -2.13. The molecule has 2 rings (SSSR count). The SMILES string of the molecule is COC(=O)c1ccc(C(=O)C=C(c2cc(Cl)c(F)c(Cl)c2)C(F)(F)F)cc1C. The molecule has 0 saturated heterocycles. The average Bonchev–Trinajstić information content (AvgIpc) is 2.61. The number of aryl methyl sites for hydroxylation is 1. The van der Waals surface area contributed by atoms with E-state index in [0.717, 1.165) is 12.1 Å². The van der Waals surface area contributed by atoms with E-state index in [1.807, 2.05) is 0 Å². The Labute approximate surface area is 167 Å². The lowest BCUT2D eigenvalue weighted by Gasteiger charge is -2.13. The van der Waals surface area contributed by atoms with Gasteiger partial charge in [-0.05, 0) is 48.4 Å². The number of esters is 1. The van der Waals surface area contributed by atoms with Gasteiger partial charge in [-0.2, -0.15) is 13.2 Å². The fourth-order valence-corrected chi connectivity index (χ4v) is 2.90. The highest BCUT2D eigenvalue weighted by molar-refractivity contribution is 6.35. The number of hydrogen-bond donors (Lipinski definition) is 0. The highest BCUT2D eigenvalue weighted by Gasteiger charge is 2.36. The molecule has 0 bridgehead atoms. The zero-order valence-corrected chi connectivity index (χ0v) is 16.0. The molecular weight excluding hydrogens is 423 g/mol. The molecule has 28 heavy (non-hydrogen) atoms. The molecule has 148 valence electrons. The first-order valence-electron chi connectivity index (χ1n) is 7.62. The Hall–Kier alpha value is -2.38. The van der Waals surface area contributed by atoms with Crippen LogP contribution in [-0.2, 0) is 4.74 Å². The van der Waals surface area contributed by atoms with Crippen LogP contribution in [0.3, 0.4) is 0 Å². The van der Waals surface area contributed by atoms with E-state index >= 15 is 0 Å². The Morgan fingerprint density at radius 3 is 2.07 bits per heavy atom. The van der Waals surface area contributed by atoms with Gasteiger partial charge >= 0.3 is 12.1 Å². The minimum atomic E-state index is -4.93. The van der Waals surface area contributed by atoms with Gasteiger partial charge in [-0.15, -0.1) is 0 Å². The summed E-state index contributed by atoms with van der Waals surface area (Å²) in [6.07, 6.45) is -4.56. The van der Waals surface area contributed by atoms with Crippen LogP contribution in [0.15, 0.2) is 36.4 Å². The van der Waals surface area contributed by atoms with Crippen LogP contribution >= 0.6 is 23.2 Å².